The zero-order chi connectivity index (χ0) is 20.2. The van der Waals surface area contributed by atoms with E-state index in [2.05, 4.69) is 16.0 Å². The number of hydrogen-bond acceptors (Lipinski definition) is 6. The molecule has 0 unspecified atom stereocenters. The summed E-state index contributed by atoms with van der Waals surface area (Å²) in [7, 11) is 1.44. The van der Waals surface area contributed by atoms with Gasteiger partial charge in [0.05, 0.1) is 17.1 Å². The van der Waals surface area contributed by atoms with Crippen LogP contribution in [0.1, 0.15) is 16.8 Å². The van der Waals surface area contributed by atoms with E-state index in [0.717, 1.165) is 0 Å². The third-order valence-corrected chi connectivity index (χ3v) is 4.36. The second-order valence-electron chi connectivity index (χ2n) is 5.34. The first-order valence-electron chi connectivity index (χ1n) is 8.07. The van der Waals surface area contributed by atoms with Crippen molar-refractivity contribution in [2.75, 3.05) is 32.2 Å². The van der Waals surface area contributed by atoms with Crippen LogP contribution >= 0.6 is 23.4 Å². The lowest BCUT2D eigenvalue weighted by molar-refractivity contribution is -0.150. The summed E-state index contributed by atoms with van der Waals surface area (Å²) < 4.78 is 4.96. The Labute approximate surface area is 166 Å². The van der Waals surface area contributed by atoms with E-state index in [4.69, 9.17) is 16.3 Å². The minimum absolute atomic E-state index is 0.216. The number of thioether (sulfide) groups is 1. The number of likely N-dealkylation sites (N-methyl/N-ethyl adjacent to an activating group) is 1. The van der Waals surface area contributed by atoms with Gasteiger partial charge in [-0.2, -0.15) is 11.8 Å². The number of nitrogens with one attached hydrogen (secondary N) is 3. The Balaban J connectivity index is 2.63. The molecule has 0 radical (unpaired) electrons. The average molecular weight is 416 g/mol. The van der Waals surface area contributed by atoms with Crippen LogP contribution in [0.15, 0.2) is 24.3 Å². The van der Waals surface area contributed by atoms with E-state index in [1.165, 1.54) is 18.8 Å². The summed E-state index contributed by atoms with van der Waals surface area (Å²) in [6.07, 6.45) is 2.19. The van der Waals surface area contributed by atoms with Crippen molar-refractivity contribution in [1.29, 1.82) is 0 Å². The van der Waals surface area contributed by atoms with Crippen molar-refractivity contribution < 1.29 is 23.9 Å². The van der Waals surface area contributed by atoms with E-state index in [1.807, 2.05) is 6.26 Å². The van der Waals surface area contributed by atoms with Crippen LogP contribution in [0.4, 0.5) is 0 Å². The minimum atomic E-state index is -0.923. The van der Waals surface area contributed by atoms with Crippen LogP contribution < -0.4 is 16.0 Å². The SMILES string of the molecule is CNC(=O)CNC(=O)COC(=O)[C@@H](CCSC)NC(=O)c1ccccc1Cl. The third kappa shape index (κ3) is 8.31. The van der Waals surface area contributed by atoms with Crippen molar-refractivity contribution in [2.24, 2.45) is 0 Å². The van der Waals surface area contributed by atoms with E-state index in [1.54, 1.807) is 24.3 Å². The number of esters is 1. The molecule has 0 aliphatic carbocycles. The summed E-state index contributed by atoms with van der Waals surface area (Å²) in [5, 5.41) is 7.50. The van der Waals surface area contributed by atoms with Crippen LogP contribution in [0.5, 0.6) is 0 Å². The molecule has 0 aromatic heterocycles. The van der Waals surface area contributed by atoms with Crippen LogP contribution in [0.3, 0.4) is 0 Å². The van der Waals surface area contributed by atoms with Crippen molar-refractivity contribution >= 4 is 47.1 Å². The van der Waals surface area contributed by atoms with Gasteiger partial charge in [0.15, 0.2) is 6.61 Å². The first-order valence-corrected chi connectivity index (χ1v) is 9.84. The fraction of sp³-hybridized carbons (Fsp3) is 0.412. The van der Waals surface area contributed by atoms with Gasteiger partial charge in [0, 0.05) is 7.05 Å². The van der Waals surface area contributed by atoms with E-state index in [9.17, 15) is 19.2 Å². The maximum atomic E-state index is 12.4. The molecule has 1 aromatic carbocycles. The number of benzene rings is 1. The predicted octanol–water partition coefficient (Wildman–Crippen LogP) is 0.597. The first-order chi connectivity index (χ1) is 12.9. The third-order valence-electron chi connectivity index (χ3n) is 3.39. The standard InChI is InChI=1S/C17H22ClN3O5S/c1-19-14(22)9-20-15(23)10-26-17(25)13(7-8-27-2)21-16(24)11-5-3-4-6-12(11)18/h3-6,13H,7-10H2,1-2H3,(H,19,22)(H,20,23)(H,21,24)/t13-/m1/s1. The highest BCUT2D eigenvalue weighted by atomic mass is 35.5. The lowest BCUT2D eigenvalue weighted by atomic mass is 10.1. The first kappa shape index (κ1) is 22.8. The predicted molar refractivity (Wildman–Crippen MR) is 104 cm³/mol. The summed E-state index contributed by atoms with van der Waals surface area (Å²) in [6, 6.07) is 5.54. The second-order valence-corrected chi connectivity index (χ2v) is 6.74. The van der Waals surface area contributed by atoms with E-state index >= 15 is 0 Å². The van der Waals surface area contributed by atoms with Crippen molar-refractivity contribution in [2.45, 2.75) is 12.5 Å². The number of halogens is 1. The Morgan fingerprint density at radius 3 is 2.52 bits per heavy atom. The molecule has 0 spiro atoms. The summed E-state index contributed by atoms with van der Waals surface area (Å²) in [5.41, 5.74) is 0.240. The summed E-state index contributed by atoms with van der Waals surface area (Å²) in [5.74, 6) is -1.63. The molecule has 1 aromatic rings. The molecule has 0 aliphatic heterocycles. The Hall–Kier alpha value is -2.26. The Morgan fingerprint density at radius 2 is 1.89 bits per heavy atom. The molecule has 8 nitrogen and oxygen atoms in total. The van der Waals surface area contributed by atoms with E-state index < -0.39 is 30.4 Å². The Morgan fingerprint density at radius 1 is 1.19 bits per heavy atom. The van der Waals surface area contributed by atoms with E-state index in [0.29, 0.717) is 12.2 Å². The van der Waals surface area contributed by atoms with Gasteiger partial charge in [-0.3, -0.25) is 14.4 Å². The molecule has 3 amide bonds. The van der Waals surface area contributed by atoms with Crippen LogP contribution in [0, 0.1) is 0 Å². The van der Waals surface area contributed by atoms with Gasteiger partial charge in [0.1, 0.15) is 6.04 Å². The molecular formula is C17H22ClN3O5S. The Bertz CT molecular complexity index is 686. The molecule has 0 bridgehead atoms. The fourth-order valence-corrected chi connectivity index (χ4v) is 2.61. The van der Waals surface area contributed by atoms with E-state index in [-0.39, 0.29) is 23.0 Å². The molecule has 3 N–H and O–H groups in total. The van der Waals surface area contributed by atoms with Gasteiger partial charge >= 0.3 is 5.97 Å². The zero-order valence-electron chi connectivity index (χ0n) is 15.0. The highest BCUT2D eigenvalue weighted by molar-refractivity contribution is 7.98. The highest BCUT2D eigenvalue weighted by Gasteiger charge is 2.24. The van der Waals surface area contributed by atoms with Crippen molar-refractivity contribution in [1.82, 2.24) is 16.0 Å². The van der Waals surface area contributed by atoms with Gasteiger partial charge < -0.3 is 20.7 Å². The summed E-state index contributed by atoms with van der Waals surface area (Å²) >= 11 is 7.50. The molecule has 0 aliphatic rings. The average Bonchev–Trinajstić information content (AvgIpc) is 2.67. The molecule has 27 heavy (non-hydrogen) atoms. The van der Waals surface area contributed by atoms with Gasteiger partial charge in [-0.25, -0.2) is 4.79 Å². The summed E-state index contributed by atoms with van der Waals surface area (Å²) in [6.45, 7) is -0.764. The summed E-state index contributed by atoms with van der Waals surface area (Å²) in [4.78, 5) is 47.3. The second kappa shape index (κ2) is 12.2. The van der Waals surface area contributed by atoms with Crippen molar-refractivity contribution in [3.8, 4) is 0 Å². The zero-order valence-corrected chi connectivity index (χ0v) is 16.6. The van der Waals surface area contributed by atoms with Crippen molar-refractivity contribution in [3.05, 3.63) is 34.9 Å². The molecule has 1 atom stereocenters. The molecule has 148 valence electrons. The van der Waals surface area contributed by atoms with Crippen LogP contribution in [0.2, 0.25) is 5.02 Å². The quantitative estimate of drug-likeness (QED) is 0.482. The molecule has 0 saturated heterocycles. The number of carbonyl (C=O) groups excluding carboxylic acids is 4. The Kier molecular flexibility index (Phi) is 10.3. The van der Waals surface area contributed by atoms with Gasteiger partial charge in [-0.15, -0.1) is 0 Å². The van der Waals surface area contributed by atoms with Gasteiger partial charge in [-0.1, -0.05) is 23.7 Å². The number of hydrogen-bond donors (Lipinski definition) is 3. The van der Waals surface area contributed by atoms with Crippen LogP contribution in [0.25, 0.3) is 0 Å². The van der Waals surface area contributed by atoms with Gasteiger partial charge in [0.2, 0.25) is 5.91 Å². The number of ether oxygens (including phenoxy) is 1. The highest BCUT2D eigenvalue weighted by Crippen LogP contribution is 2.15. The molecule has 0 saturated carbocycles. The lowest BCUT2D eigenvalue weighted by Crippen LogP contribution is -2.44. The number of amides is 3. The monoisotopic (exact) mass is 415 g/mol. The largest absolute Gasteiger partial charge is 0.454 e. The normalized spacial score (nSPS) is 11.2. The smallest absolute Gasteiger partial charge is 0.329 e. The van der Waals surface area contributed by atoms with Gasteiger partial charge in [0.25, 0.3) is 11.8 Å². The maximum Gasteiger partial charge on any atom is 0.329 e. The fourth-order valence-electron chi connectivity index (χ4n) is 1.92. The van der Waals surface area contributed by atoms with Gasteiger partial charge in [-0.05, 0) is 30.6 Å². The lowest BCUT2D eigenvalue weighted by Gasteiger charge is -2.17. The molecule has 0 heterocycles. The topological polar surface area (TPSA) is 114 Å². The maximum absolute atomic E-state index is 12.4. The number of rotatable bonds is 10. The molecule has 10 heteroatoms. The molecule has 1 rings (SSSR count). The van der Waals surface area contributed by atoms with Crippen LogP contribution in [-0.4, -0.2) is 61.9 Å². The van der Waals surface area contributed by atoms with Crippen molar-refractivity contribution in [3.63, 3.8) is 0 Å². The molecule has 0 fully saturated rings. The number of carbonyl (C=O) groups is 4. The molecular weight excluding hydrogens is 394 g/mol. The minimum Gasteiger partial charge on any atom is -0.454 e. The van der Waals surface area contributed by atoms with Crippen LogP contribution in [-0.2, 0) is 19.1 Å².